The average molecular weight is 255 g/mol. The third-order valence-electron chi connectivity index (χ3n) is 3.72. The Bertz CT molecular complexity index is 403. The first kappa shape index (κ1) is 13.4. The van der Waals surface area contributed by atoms with Crippen molar-refractivity contribution in [2.75, 3.05) is 7.05 Å². The fourth-order valence-electron chi connectivity index (χ4n) is 2.56. The Morgan fingerprint density at radius 1 is 1.22 bits per heavy atom. The van der Waals surface area contributed by atoms with Gasteiger partial charge in [0, 0.05) is 18.2 Å². The van der Waals surface area contributed by atoms with E-state index in [1.807, 2.05) is 11.9 Å². The molecule has 0 unspecified atom stereocenters. The van der Waals surface area contributed by atoms with Gasteiger partial charge in [-0.15, -0.1) is 0 Å². The van der Waals surface area contributed by atoms with Crippen LogP contribution in [-0.2, 0) is 6.54 Å². The summed E-state index contributed by atoms with van der Waals surface area (Å²) in [6.45, 7) is 0.407. The van der Waals surface area contributed by atoms with Gasteiger partial charge in [-0.2, -0.15) is 0 Å². The van der Waals surface area contributed by atoms with Gasteiger partial charge in [-0.1, -0.05) is 0 Å². The van der Waals surface area contributed by atoms with Crippen molar-refractivity contribution >= 4 is 0 Å². The van der Waals surface area contributed by atoms with Gasteiger partial charge in [0.25, 0.3) is 0 Å². The van der Waals surface area contributed by atoms with Gasteiger partial charge >= 0.3 is 0 Å². The third kappa shape index (κ3) is 3.27. The predicted octanol–water partition coefficient (Wildman–Crippen LogP) is 2.70. The summed E-state index contributed by atoms with van der Waals surface area (Å²) in [7, 11) is 1.92. The fourth-order valence-corrected chi connectivity index (χ4v) is 2.56. The SMILES string of the molecule is CN(Cc1cc(F)ccc1F)C1CCC(O)CC1. The largest absolute Gasteiger partial charge is 0.393 e. The van der Waals surface area contributed by atoms with Gasteiger partial charge in [-0.25, -0.2) is 8.78 Å². The van der Waals surface area contributed by atoms with E-state index in [0.717, 1.165) is 31.7 Å². The minimum absolute atomic E-state index is 0.194. The van der Waals surface area contributed by atoms with Crippen LogP contribution >= 0.6 is 0 Å². The van der Waals surface area contributed by atoms with Crippen molar-refractivity contribution in [3.63, 3.8) is 0 Å². The molecule has 0 saturated heterocycles. The molecule has 0 amide bonds. The minimum atomic E-state index is -0.404. The van der Waals surface area contributed by atoms with E-state index in [2.05, 4.69) is 0 Å². The van der Waals surface area contributed by atoms with Gasteiger partial charge in [-0.05, 0) is 50.9 Å². The Kier molecular flexibility index (Phi) is 4.30. The summed E-state index contributed by atoms with van der Waals surface area (Å²) in [4.78, 5) is 2.05. The maximum atomic E-state index is 13.5. The monoisotopic (exact) mass is 255 g/mol. The van der Waals surface area contributed by atoms with Crippen LogP contribution in [0.4, 0.5) is 8.78 Å². The zero-order chi connectivity index (χ0) is 13.1. The molecule has 0 heterocycles. The van der Waals surface area contributed by atoms with Crippen molar-refractivity contribution in [1.29, 1.82) is 0 Å². The van der Waals surface area contributed by atoms with Crippen molar-refractivity contribution in [3.05, 3.63) is 35.4 Å². The summed E-state index contributed by atoms with van der Waals surface area (Å²) in [6.07, 6.45) is 3.21. The van der Waals surface area contributed by atoms with Gasteiger partial charge in [0.05, 0.1) is 6.10 Å². The van der Waals surface area contributed by atoms with Crippen molar-refractivity contribution in [3.8, 4) is 0 Å². The van der Waals surface area contributed by atoms with Crippen molar-refractivity contribution < 1.29 is 13.9 Å². The molecule has 1 aromatic carbocycles. The Hall–Kier alpha value is -1.00. The highest BCUT2D eigenvalue weighted by atomic mass is 19.1. The van der Waals surface area contributed by atoms with Crippen LogP contribution in [0, 0.1) is 11.6 Å². The smallest absolute Gasteiger partial charge is 0.127 e. The second-order valence-electron chi connectivity index (χ2n) is 5.11. The number of nitrogens with zero attached hydrogens (tertiary/aromatic N) is 1. The first-order valence-corrected chi connectivity index (χ1v) is 6.38. The third-order valence-corrected chi connectivity index (χ3v) is 3.72. The lowest BCUT2D eigenvalue weighted by Gasteiger charge is -2.33. The molecule has 2 nitrogen and oxygen atoms in total. The van der Waals surface area contributed by atoms with E-state index in [4.69, 9.17) is 0 Å². The molecule has 0 aromatic heterocycles. The molecule has 0 aliphatic heterocycles. The average Bonchev–Trinajstić information content (AvgIpc) is 2.34. The van der Waals surface area contributed by atoms with Crippen LogP contribution in [0.3, 0.4) is 0 Å². The van der Waals surface area contributed by atoms with Gasteiger partial charge in [0.2, 0.25) is 0 Å². The molecule has 0 atom stereocenters. The molecule has 0 spiro atoms. The van der Waals surface area contributed by atoms with Gasteiger partial charge in [0.15, 0.2) is 0 Å². The van der Waals surface area contributed by atoms with Gasteiger partial charge in [-0.3, -0.25) is 4.90 Å². The van der Waals surface area contributed by atoms with Crippen LogP contribution < -0.4 is 0 Å². The summed E-state index contributed by atoms with van der Waals surface area (Å²) < 4.78 is 26.6. The molecular formula is C14H19F2NO. The van der Waals surface area contributed by atoms with Crippen molar-refractivity contribution in [2.45, 2.75) is 44.4 Å². The highest BCUT2D eigenvalue weighted by molar-refractivity contribution is 5.18. The summed E-state index contributed by atoms with van der Waals surface area (Å²) in [5.74, 6) is -0.766. The molecule has 1 fully saturated rings. The van der Waals surface area contributed by atoms with Crippen molar-refractivity contribution in [1.82, 2.24) is 4.90 Å². The highest BCUT2D eigenvalue weighted by Crippen LogP contribution is 2.24. The molecule has 1 aromatic rings. The second-order valence-corrected chi connectivity index (χ2v) is 5.11. The first-order valence-electron chi connectivity index (χ1n) is 6.38. The summed E-state index contributed by atoms with van der Waals surface area (Å²) in [6, 6.07) is 3.90. The molecule has 4 heteroatoms. The normalized spacial score (nSPS) is 24.5. The molecule has 0 radical (unpaired) electrons. The van der Waals surface area contributed by atoms with E-state index < -0.39 is 5.82 Å². The Balaban J connectivity index is 1.98. The van der Waals surface area contributed by atoms with Crippen LogP contribution in [-0.4, -0.2) is 29.2 Å². The first-order chi connectivity index (χ1) is 8.56. The Morgan fingerprint density at radius 3 is 2.56 bits per heavy atom. The number of aliphatic hydroxyl groups excluding tert-OH is 1. The lowest BCUT2D eigenvalue weighted by molar-refractivity contribution is 0.0814. The van der Waals surface area contributed by atoms with Crippen LogP contribution in [0.1, 0.15) is 31.2 Å². The zero-order valence-electron chi connectivity index (χ0n) is 10.6. The van der Waals surface area contributed by atoms with Crippen LogP contribution in [0.2, 0.25) is 0 Å². The molecule has 1 saturated carbocycles. The van der Waals surface area contributed by atoms with Crippen LogP contribution in [0.5, 0.6) is 0 Å². The molecule has 1 aliphatic carbocycles. The number of hydrogen-bond donors (Lipinski definition) is 1. The highest BCUT2D eigenvalue weighted by Gasteiger charge is 2.23. The topological polar surface area (TPSA) is 23.5 Å². The zero-order valence-corrected chi connectivity index (χ0v) is 10.6. The van der Waals surface area contributed by atoms with Gasteiger partial charge < -0.3 is 5.11 Å². The standard InChI is InChI=1S/C14H19F2NO/c1-17(12-3-5-13(18)6-4-12)9-10-8-11(15)2-7-14(10)16/h2,7-8,12-13,18H,3-6,9H2,1H3. The minimum Gasteiger partial charge on any atom is -0.393 e. The molecule has 1 N–H and O–H groups in total. The molecule has 0 bridgehead atoms. The number of benzene rings is 1. The Labute approximate surface area is 106 Å². The van der Waals surface area contributed by atoms with Crippen molar-refractivity contribution in [2.24, 2.45) is 0 Å². The molecule has 100 valence electrons. The van der Waals surface area contributed by atoms with Crippen LogP contribution in [0.25, 0.3) is 0 Å². The Morgan fingerprint density at radius 2 is 1.89 bits per heavy atom. The van der Waals surface area contributed by atoms with E-state index in [0.29, 0.717) is 18.2 Å². The molecular weight excluding hydrogens is 236 g/mol. The lowest BCUT2D eigenvalue weighted by atomic mass is 9.92. The maximum absolute atomic E-state index is 13.5. The quantitative estimate of drug-likeness (QED) is 0.897. The molecule has 1 aliphatic rings. The van der Waals surface area contributed by atoms with E-state index >= 15 is 0 Å². The fraction of sp³-hybridized carbons (Fsp3) is 0.571. The predicted molar refractivity (Wildman–Crippen MR) is 66.1 cm³/mol. The molecule has 2 rings (SSSR count). The summed E-state index contributed by atoms with van der Waals surface area (Å²) in [5.41, 5.74) is 0.392. The van der Waals surface area contributed by atoms with E-state index in [-0.39, 0.29) is 11.9 Å². The van der Waals surface area contributed by atoms with Crippen LogP contribution in [0.15, 0.2) is 18.2 Å². The van der Waals surface area contributed by atoms with E-state index in [1.165, 1.54) is 12.1 Å². The maximum Gasteiger partial charge on any atom is 0.127 e. The summed E-state index contributed by atoms with van der Waals surface area (Å²) >= 11 is 0. The van der Waals surface area contributed by atoms with Gasteiger partial charge in [0.1, 0.15) is 11.6 Å². The van der Waals surface area contributed by atoms with E-state index in [9.17, 15) is 13.9 Å². The van der Waals surface area contributed by atoms with E-state index in [1.54, 1.807) is 0 Å². The number of rotatable bonds is 3. The summed E-state index contributed by atoms with van der Waals surface area (Å²) in [5, 5.41) is 9.45. The number of halogens is 2. The number of aliphatic hydroxyl groups is 1. The lowest BCUT2D eigenvalue weighted by Crippen LogP contribution is -2.36. The molecule has 18 heavy (non-hydrogen) atoms. The second kappa shape index (κ2) is 5.76. The number of hydrogen-bond acceptors (Lipinski definition) is 2.